The van der Waals surface area contributed by atoms with Gasteiger partial charge in [0.25, 0.3) is 5.91 Å². The van der Waals surface area contributed by atoms with E-state index in [4.69, 9.17) is 5.73 Å². The van der Waals surface area contributed by atoms with Crippen LogP contribution >= 0.6 is 11.3 Å². The van der Waals surface area contributed by atoms with E-state index in [0.29, 0.717) is 0 Å². The van der Waals surface area contributed by atoms with Crippen molar-refractivity contribution >= 4 is 33.0 Å². The molecule has 2 aromatic rings. The molecule has 1 aliphatic rings. The lowest BCUT2D eigenvalue weighted by Crippen LogP contribution is -2.23. The molecule has 21 heavy (non-hydrogen) atoms. The van der Waals surface area contributed by atoms with Crippen molar-refractivity contribution in [3.63, 3.8) is 0 Å². The average Bonchev–Trinajstić information content (AvgIpc) is 3.11. The second kappa shape index (κ2) is 6.48. The third-order valence-corrected chi connectivity index (χ3v) is 5.43. The van der Waals surface area contributed by atoms with Gasteiger partial charge in [-0.3, -0.25) is 4.79 Å². The van der Waals surface area contributed by atoms with E-state index in [1.54, 1.807) is 0 Å². The summed E-state index contributed by atoms with van der Waals surface area (Å²) >= 11 is 1.53. The summed E-state index contributed by atoms with van der Waals surface area (Å²) in [7, 11) is 0. The van der Waals surface area contributed by atoms with E-state index in [9.17, 15) is 4.79 Å². The molecule has 0 radical (unpaired) electrons. The Morgan fingerprint density at radius 1 is 1.29 bits per heavy atom. The molecular weight excluding hydrogens is 280 g/mol. The van der Waals surface area contributed by atoms with Crippen molar-refractivity contribution < 1.29 is 4.79 Å². The van der Waals surface area contributed by atoms with Gasteiger partial charge in [-0.1, -0.05) is 25.7 Å². The highest BCUT2D eigenvalue weighted by Gasteiger charge is 2.15. The van der Waals surface area contributed by atoms with Gasteiger partial charge in [-0.2, -0.15) is 0 Å². The highest BCUT2D eigenvalue weighted by atomic mass is 32.1. The molecule has 112 valence electrons. The molecule has 1 aliphatic carbocycles. The number of fused-ring (bicyclic) bond motifs is 1. The minimum absolute atomic E-state index is 0.0428. The zero-order chi connectivity index (χ0) is 14.7. The number of nitrogen functional groups attached to an aromatic ring is 1. The number of benzene rings is 1. The molecule has 0 saturated heterocycles. The van der Waals surface area contributed by atoms with E-state index >= 15 is 0 Å². The monoisotopic (exact) mass is 302 g/mol. The number of nitrogens with one attached hydrogen (secondary N) is 1. The summed E-state index contributed by atoms with van der Waals surface area (Å²) < 4.78 is 1.11. The SMILES string of the molecule is Nc1ccc2sc(C(=O)NCCCC3CCCC3)cc2c1. The first-order valence-corrected chi connectivity index (χ1v) is 8.61. The normalized spacial score (nSPS) is 15.6. The number of amides is 1. The van der Waals surface area contributed by atoms with Gasteiger partial charge in [0.1, 0.15) is 0 Å². The Morgan fingerprint density at radius 3 is 2.90 bits per heavy atom. The standard InChI is InChI=1S/C17H22N2OS/c18-14-7-8-15-13(10-14)11-16(21-15)17(20)19-9-3-6-12-4-1-2-5-12/h7-8,10-12H,1-6,9,18H2,(H,19,20). The Bertz CT molecular complexity index is 629. The van der Waals surface area contributed by atoms with Crippen LogP contribution in [0.1, 0.15) is 48.2 Å². The van der Waals surface area contributed by atoms with Crippen LogP contribution in [0.2, 0.25) is 0 Å². The maximum absolute atomic E-state index is 12.2. The first-order valence-electron chi connectivity index (χ1n) is 7.79. The van der Waals surface area contributed by atoms with Gasteiger partial charge in [-0.05, 0) is 48.4 Å². The predicted molar refractivity (Wildman–Crippen MR) is 89.8 cm³/mol. The van der Waals surface area contributed by atoms with Gasteiger partial charge >= 0.3 is 0 Å². The van der Waals surface area contributed by atoms with Gasteiger partial charge < -0.3 is 11.1 Å². The number of hydrogen-bond acceptors (Lipinski definition) is 3. The van der Waals surface area contributed by atoms with Crippen molar-refractivity contribution in [3.05, 3.63) is 29.1 Å². The molecule has 3 N–H and O–H groups in total. The van der Waals surface area contributed by atoms with Crippen molar-refractivity contribution in [2.45, 2.75) is 38.5 Å². The van der Waals surface area contributed by atoms with Crippen LogP contribution in [-0.2, 0) is 0 Å². The lowest BCUT2D eigenvalue weighted by molar-refractivity contribution is 0.0956. The van der Waals surface area contributed by atoms with E-state index in [1.165, 1.54) is 43.4 Å². The fourth-order valence-corrected chi connectivity index (χ4v) is 4.11. The van der Waals surface area contributed by atoms with Gasteiger partial charge in [-0.15, -0.1) is 11.3 Å². The van der Waals surface area contributed by atoms with Crippen molar-refractivity contribution in [2.24, 2.45) is 5.92 Å². The van der Waals surface area contributed by atoms with E-state index < -0.39 is 0 Å². The molecule has 1 amide bonds. The van der Waals surface area contributed by atoms with E-state index in [2.05, 4.69) is 5.32 Å². The molecule has 1 heterocycles. The largest absolute Gasteiger partial charge is 0.399 e. The van der Waals surface area contributed by atoms with Gasteiger partial charge in [0.15, 0.2) is 0 Å². The predicted octanol–water partition coefficient (Wildman–Crippen LogP) is 4.18. The maximum Gasteiger partial charge on any atom is 0.261 e. The number of carbonyl (C=O) groups excluding carboxylic acids is 1. The molecule has 1 fully saturated rings. The molecule has 3 nitrogen and oxygen atoms in total. The molecule has 3 rings (SSSR count). The lowest BCUT2D eigenvalue weighted by atomic mass is 10.0. The second-order valence-electron chi connectivity index (χ2n) is 5.96. The summed E-state index contributed by atoms with van der Waals surface area (Å²) in [4.78, 5) is 12.9. The summed E-state index contributed by atoms with van der Waals surface area (Å²) in [6, 6.07) is 7.71. The van der Waals surface area contributed by atoms with E-state index in [-0.39, 0.29) is 5.91 Å². The van der Waals surface area contributed by atoms with Crippen LogP contribution in [0, 0.1) is 5.92 Å². The number of hydrogen-bond donors (Lipinski definition) is 2. The van der Waals surface area contributed by atoms with Crippen molar-refractivity contribution in [3.8, 4) is 0 Å². The Hall–Kier alpha value is -1.55. The van der Waals surface area contributed by atoms with Crippen molar-refractivity contribution in [2.75, 3.05) is 12.3 Å². The summed E-state index contributed by atoms with van der Waals surface area (Å²) in [5.41, 5.74) is 6.51. The summed E-state index contributed by atoms with van der Waals surface area (Å²) in [5, 5.41) is 4.09. The van der Waals surface area contributed by atoms with Gasteiger partial charge in [-0.25, -0.2) is 0 Å². The van der Waals surface area contributed by atoms with Crippen LogP contribution in [0.3, 0.4) is 0 Å². The Labute approximate surface area is 129 Å². The number of nitrogens with two attached hydrogens (primary N) is 1. The molecule has 4 heteroatoms. The maximum atomic E-state index is 12.2. The molecule has 1 aromatic heterocycles. The summed E-state index contributed by atoms with van der Waals surface area (Å²) in [5.74, 6) is 0.940. The first kappa shape index (κ1) is 14.4. The minimum atomic E-state index is 0.0428. The number of anilines is 1. The van der Waals surface area contributed by atoms with Gasteiger partial charge in [0, 0.05) is 16.9 Å². The van der Waals surface area contributed by atoms with E-state index in [1.807, 2.05) is 24.3 Å². The molecule has 0 bridgehead atoms. The average molecular weight is 302 g/mol. The third-order valence-electron chi connectivity index (χ3n) is 4.31. The fourth-order valence-electron chi connectivity index (χ4n) is 3.15. The van der Waals surface area contributed by atoms with Crippen molar-refractivity contribution in [1.29, 1.82) is 0 Å². The summed E-state index contributed by atoms with van der Waals surface area (Å²) in [6.07, 6.45) is 7.89. The third kappa shape index (κ3) is 3.56. The first-order chi connectivity index (χ1) is 10.2. The molecular formula is C17H22N2OS. The van der Waals surface area contributed by atoms with Gasteiger partial charge in [0.2, 0.25) is 0 Å². The number of rotatable bonds is 5. The number of carbonyl (C=O) groups is 1. The minimum Gasteiger partial charge on any atom is -0.399 e. The Kier molecular flexibility index (Phi) is 4.44. The molecule has 1 aromatic carbocycles. The van der Waals surface area contributed by atoms with E-state index in [0.717, 1.165) is 39.5 Å². The van der Waals surface area contributed by atoms with Crippen LogP contribution in [-0.4, -0.2) is 12.5 Å². The Morgan fingerprint density at radius 2 is 2.10 bits per heavy atom. The molecule has 0 unspecified atom stereocenters. The van der Waals surface area contributed by atoms with Crippen LogP contribution < -0.4 is 11.1 Å². The zero-order valence-electron chi connectivity index (χ0n) is 12.2. The van der Waals surface area contributed by atoms with Gasteiger partial charge in [0.05, 0.1) is 4.88 Å². The molecule has 1 saturated carbocycles. The quantitative estimate of drug-likeness (QED) is 0.643. The highest BCUT2D eigenvalue weighted by Crippen LogP contribution is 2.29. The smallest absolute Gasteiger partial charge is 0.261 e. The van der Waals surface area contributed by atoms with Crippen molar-refractivity contribution in [1.82, 2.24) is 5.32 Å². The van der Waals surface area contributed by atoms with Crippen LogP contribution in [0.15, 0.2) is 24.3 Å². The van der Waals surface area contributed by atoms with Crippen LogP contribution in [0.4, 0.5) is 5.69 Å². The lowest BCUT2D eigenvalue weighted by Gasteiger charge is -2.08. The van der Waals surface area contributed by atoms with Crippen LogP contribution in [0.25, 0.3) is 10.1 Å². The summed E-state index contributed by atoms with van der Waals surface area (Å²) in [6.45, 7) is 0.783. The molecule has 0 spiro atoms. The molecule has 0 aliphatic heterocycles. The van der Waals surface area contributed by atoms with Crippen LogP contribution in [0.5, 0.6) is 0 Å². The fraction of sp³-hybridized carbons (Fsp3) is 0.471. The number of thiophene rings is 1. The second-order valence-corrected chi connectivity index (χ2v) is 7.04. The highest BCUT2D eigenvalue weighted by molar-refractivity contribution is 7.20. The topological polar surface area (TPSA) is 55.1 Å². The molecule has 0 atom stereocenters. The zero-order valence-corrected chi connectivity index (χ0v) is 13.0. The Balaban J connectivity index is 1.51.